The van der Waals surface area contributed by atoms with E-state index in [-0.39, 0.29) is 48.9 Å². The number of hydrogen-bond donors (Lipinski definition) is 0. The van der Waals surface area contributed by atoms with Crippen LogP contribution in [0.1, 0.15) is 43.9 Å². The standard InChI is InChI=1S/C42H47IN6O9S2/c1-42(2,3)58-41(51)48-26-33(22-35(48)40(50)57-7)59-36-21-20-34(43)37(39-44-46-49(45-39)25-29-12-18-32(56-6)19-13-29)38(36)60(52,53)47(23-27-8-14-30(54-4)15-9-27)24-28-10-16-31(55-5)17-11-28/h8-21,33,35H,22-26H2,1-7H3/t33-,35-/m0/s1. The van der Waals surface area contributed by atoms with Gasteiger partial charge < -0.3 is 23.7 Å². The van der Waals surface area contributed by atoms with Crippen LogP contribution in [0.4, 0.5) is 4.79 Å². The molecule has 0 saturated carbocycles. The second kappa shape index (κ2) is 19.2. The highest BCUT2D eigenvalue weighted by Crippen LogP contribution is 2.43. The number of hydrogen-bond acceptors (Lipinski definition) is 13. The van der Waals surface area contributed by atoms with E-state index >= 15 is 8.42 Å². The van der Waals surface area contributed by atoms with Gasteiger partial charge in [0.2, 0.25) is 15.8 Å². The van der Waals surface area contributed by atoms with Gasteiger partial charge in [0.05, 0.1) is 40.5 Å². The summed E-state index contributed by atoms with van der Waals surface area (Å²) in [5, 5.41) is 13.0. The van der Waals surface area contributed by atoms with Gasteiger partial charge in [-0.15, -0.1) is 22.0 Å². The predicted molar refractivity (Wildman–Crippen MR) is 233 cm³/mol. The van der Waals surface area contributed by atoms with Crippen LogP contribution in [-0.4, -0.2) is 102 Å². The summed E-state index contributed by atoms with van der Waals surface area (Å²) < 4.78 is 60.1. The molecule has 6 rings (SSSR count). The van der Waals surface area contributed by atoms with Gasteiger partial charge in [-0.1, -0.05) is 36.4 Å². The molecule has 1 saturated heterocycles. The topological polar surface area (TPSA) is 165 Å². The molecular formula is C42H47IN6O9S2. The second-order valence-electron chi connectivity index (χ2n) is 14.9. The summed E-state index contributed by atoms with van der Waals surface area (Å²) >= 11 is 3.35. The van der Waals surface area contributed by atoms with Crippen molar-refractivity contribution in [2.45, 2.75) is 73.5 Å². The number of benzene rings is 4. The van der Waals surface area contributed by atoms with Crippen molar-refractivity contribution in [2.24, 2.45) is 0 Å². The second-order valence-corrected chi connectivity index (χ2v) is 19.2. The zero-order valence-electron chi connectivity index (χ0n) is 34.3. The Morgan fingerprint density at radius 2 is 1.35 bits per heavy atom. The summed E-state index contributed by atoms with van der Waals surface area (Å²) in [7, 11) is 1.56. The van der Waals surface area contributed by atoms with E-state index in [0.717, 1.165) is 16.7 Å². The van der Waals surface area contributed by atoms with Gasteiger partial charge in [-0.05, 0) is 120 Å². The molecule has 0 spiro atoms. The Kier molecular flexibility index (Phi) is 14.3. The lowest BCUT2D eigenvalue weighted by Gasteiger charge is -2.27. The van der Waals surface area contributed by atoms with E-state index in [2.05, 4.69) is 32.9 Å². The van der Waals surface area contributed by atoms with Crippen LogP contribution >= 0.6 is 34.4 Å². The molecule has 0 N–H and O–H groups in total. The lowest BCUT2D eigenvalue weighted by Crippen LogP contribution is -2.43. The van der Waals surface area contributed by atoms with Crippen molar-refractivity contribution < 1.29 is 41.7 Å². The third kappa shape index (κ3) is 10.7. The number of methoxy groups -OCH3 is 4. The maximum absolute atomic E-state index is 15.6. The number of rotatable bonds is 15. The van der Waals surface area contributed by atoms with Crippen LogP contribution in [0, 0.1) is 3.57 Å². The van der Waals surface area contributed by atoms with Crippen LogP contribution in [0.3, 0.4) is 0 Å². The van der Waals surface area contributed by atoms with Gasteiger partial charge in [-0.25, -0.2) is 18.0 Å². The number of nitrogens with zero attached hydrogens (tertiary/aromatic N) is 6. The van der Waals surface area contributed by atoms with Gasteiger partial charge in [-0.2, -0.15) is 9.10 Å². The lowest BCUT2D eigenvalue weighted by atomic mass is 10.2. The quantitative estimate of drug-likeness (QED) is 0.0775. The van der Waals surface area contributed by atoms with Crippen LogP contribution in [0.2, 0.25) is 0 Å². The Morgan fingerprint density at radius 1 is 0.817 bits per heavy atom. The fourth-order valence-corrected chi connectivity index (χ4v) is 10.8. The molecule has 2 heterocycles. The van der Waals surface area contributed by atoms with E-state index in [1.807, 2.05) is 48.5 Å². The fourth-order valence-electron chi connectivity index (χ4n) is 6.57. The molecule has 318 valence electrons. The molecule has 0 bridgehead atoms. The molecule has 1 fully saturated rings. The molecule has 0 aliphatic carbocycles. The number of thioether (sulfide) groups is 1. The van der Waals surface area contributed by atoms with E-state index in [4.69, 9.17) is 28.8 Å². The van der Waals surface area contributed by atoms with Gasteiger partial charge in [0.15, 0.2) is 0 Å². The first kappa shape index (κ1) is 44.6. The SMILES string of the molecule is COC(=O)[C@@H]1C[C@H](Sc2ccc(I)c(-c3nnn(Cc4ccc(OC)cc4)n3)c2S(=O)(=O)N(Cc2ccc(OC)cc2)Cc2ccc(OC)cc2)CN1C(=O)OC(C)(C)C. The van der Waals surface area contributed by atoms with Crippen LogP contribution in [0.25, 0.3) is 11.4 Å². The normalized spacial score (nSPS) is 15.5. The van der Waals surface area contributed by atoms with Crippen molar-refractivity contribution in [3.05, 3.63) is 105 Å². The molecule has 18 heteroatoms. The van der Waals surface area contributed by atoms with Crippen LogP contribution in [0.5, 0.6) is 17.2 Å². The maximum atomic E-state index is 15.6. The largest absolute Gasteiger partial charge is 0.497 e. The maximum Gasteiger partial charge on any atom is 0.411 e. The molecule has 1 amide bonds. The minimum Gasteiger partial charge on any atom is -0.497 e. The van der Waals surface area contributed by atoms with Crippen molar-refractivity contribution >= 4 is 56.4 Å². The fraction of sp³-hybridized carbons (Fsp3) is 0.357. The molecule has 1 aromatic heterocycles. The van der Waals surface area contributed by atoms with Gasteiger partial charge in [0.25, 0.3) is 0 Å². The number of ether oxygens (including phenoxy) is 5. The number of aromatic nitrogens is 4. The first-order valence-corrected chi connectivity index (χ1v) is 22.3. The number of carbonyl (C=O) groups excluding carboxylic acids is 2. The van der Waals surface area contributed by atoms with Crippen molar-refractivity contribution in [1.82, 2.24) is 29.4 Å². The first-order valence-electron chi connectivity index (χ1n) is 18.9. The molecule has 4 aromatic carbocycles. The summed E-state index contributed by atoms with van der Waals surface area (Å²) in [5.74, 6) is 1.48. The van der Waals surface area contributed by atoms with E-state index < -0.39 is 39.0 Å². The summed E-state index contributed by atoms with van der Waals surface area (Å²) in [4.78, 5) is 29.6. The number of sulfonamides is 1. The summed E-state index contributed by atoms with van der Waals surface area (Å²) in [6, 6.07) is 24.5. The molecule has 15 nitrogen and oxygen atoms in total. The van der Waals surface area contributed by atoms with Crippen LogP contribution < -0.4 is 14.2 Å². The zero-order chi connectivity index (χ0) is 43.2. The van der Waals surface area contributed by atoms with Gasteiger partial charge >= 0.3 is 12.1 Å². The Hall–Kier alpha value is -4.92. The van der Waals surface area contributed by atoms with Crippen LogP contribution in [-0.2, 0) is 43.9 Å². The number of tetrazole rings is 1. The van der Waals surface area contributed by atoms with Crippen molar-refractivity contribution in [1.29, 1.82) is 0 Å². The van der Waals surface area contributed by atoms with Crippen molar-refractivity contribution in [3.63, 3.8) is 0 Å². The summed E-state index contributed by atoms with van der Waals surface area (Å²) in [6.07, 6.45) is -0.477. The number of likely N-dealkylation sites (tertiary alicyclic amines) is 1. The zero-order valence-corrected chi connectivity index (χ0v) is 38.1. The number of amides is 1. The smallest absolute Gasteiger partial charge is 0.411 e. The molecular weight excluding hydrogens is 924 g/mol. The van der Waals surface area contributed by atoms with Gasteiger partial charge in [0, 0.05) is 33.3 Å². The highest BCUT2D eigenvalue weighted by molar-refractivity contribution is 14.1. The monoisotopic (exact) mass is 970 g/mol. The summed E-state index contributed by atoms with van der Waals surface area (Å²) in [6.45, 7) is 5.61. The molecule has 1 aliphatic heterocycles. The van der Waals surface area contributed by atoms with Crippen molar-refractivity contribution in [3.8, 4) is 28.6 Å². The van der Waals surface area contributed by atoms with E-state index in [0.29, 0.717) is 25.7 Å². The Bertz CT molecular complexity index is 2340. The van der Waals surface area contributed by atoms with Gasteiger partial charge in [-0.3, -0.25) is 4.90 Å². The predicted octanol–water partition coefficient (Wildman–Crippen LogP) is 7.05. The molecule has 1 aliphatic rings. The molecule has 0 radical (unpaired) electrons. The molecule has 2 atom stereocenters. The lowest BCUT2D eigenvalue weighted by molar-refractivity contribution is -0.145. The summed E-state index contributed by atoms with van der Waals surface area (Å²) in [5.41, 5.74) is 1.78. The third-order valence-electron chi connectivity index (χ3n) is 9.52. The number of carbonyl (C=O) groups is 2. The van der Waals surface area contributed by atoms with Crippen LogP contribution in [0.15, 0.2) is 94.7 Å². The third-order valence-corrected chi connectivity index (χ3v) is 13.7. The molecule has 0 unspecified atom stereocenters. The molecule has 60 heavy (non-hydrogen) atoms. The van der Waals surface area contributed by atoms with E-state index in [1.54, 1.807) is 78.5 Å². The van der Waals surface area contributed by atoms with E-state index in [9.17, 15) is 9.59 Å². The van der Waals surface area contributed by atoms with Crippen molar-refractivity contribution in [2.75, 3.05) is 35.0 Å². The average molecular weight is 971 g/mol. The van der Waals surface area contributed by atoms with Gasteiger partial charge in [0.1, 0.15) is 33.8 Å². The highest BCUT2D eigenvalue weighted by Gasteiger charge is 2.44. The Morgan fingerprint density at radius 3 is 1.85 bits per heavy atom. The first-order chi connectivity index (χ1) is 28.6. The minimum absolute atomic E-state index is 0.00519. The number of esters is 1. The average Bonchev–Trinajstić information content (AvgIpc) is 3.88. The van der Waals surface area contributed by atoms with E-state index in [1.165, 1.54) is 32.9 Å². The Labute approximate surface area is 367 Å². The highest BCUT2D eigenvalue weighted by atomic mass is 127. The minimum atomic E-state index is -4.43. The number of halogens is 1. The molecule has 5 aromatic rings. The Balaban J connectivity index is 1.47.